The van der Waals surface area contributed by atoms with Crippen LogP contribution in [-0.4, -0.2) is 44.1 Å². The Hall–Kier alpha value is -0.120. The Kier molecular flexibility index (Phi) is 3.13. The predicted octanol–water partition coefficient (Wildman–Crippen LogP) is 0.479. The third kappa shape index (κ3) is 2.24. The van der Waals surface area contributed by atoms with Gasteiger partial charge in [-0.1, -0.05) is 0 Å². The van der Waals surface area contributed by atoms with Crippen molar-refractivity contribution in [2.75, 3.05) is 32.8 Å². The SMILES string of the molecule is O[C@H](C[NH+]1CCOCC1)C12CC3CC(CC(C3)C1)C2. The van der Waals surface area contributed by atoms with Gasteiger partial charge in [-0.15, -0.1) is 0 Å². The summed E-state index contributed by atoms with van der Waals surface area (Å²) in [7, 11) is 0. The highest BCUT2D eigenvalue weighted by atomic mass is 16.5. The van der Waals surface area contributed by atoms with Crippen LogP contribution in [0.5, 0.6) is 0 Å². The van der Waals surface area contributed by atoms with Crippen LogP contribution >= 0.6 is 0 Å². The lowest BCUT2D eigenvalue weighted by Crippen LogP contribution is -3.15. The van der Waals surface area contributed by atoms with Gasteiger partial charge in [0.05, 0.1) is 13.2 Å². The first kappa shape index (κ1) is 12.6. The van der Waals surface area contributed by atoms with E-state index < -0.39 is 0 Å². The van der Waals surface area contributed by atoms with E-state index in [1.54, 1.807) is 4.90 Å². The van der Waals surface area contributed by atoms with Crippen molar-refractivity contribution in [2.45, 2.75) is 44.6 Å². The Morgan fingerprint density at radius 3 is 2.05 bits per heavy atom. The average molecular weight is 266 g/mol. The molecule has 5 fully saturated rings. The number of quaternary nitrogens is 1. The van der Waals surface area contributed by atoms with Gasteiger partial charge in [-0.2, -0.15) is 0 Å². The third-order valence-corrected chi connectivity index (χ3v) is 6.47. The van der Waals surface area contributed by atoms with Gasteiger partial charge < -0.3 is 14.7 Å². The normalized spacial score (nSPS) is 47.5. The number of ether oxygens (including phenoxy) is 1. The molecule has 1 heterocycles. The Labute approximate surface area is 116 Å². The lowest BCUT2D eigenvalue weighted by molar-refractivity contribution is -0.912. The molecule has 5 aliphatic rings. The number of aliphatic hydroxyl groups is 1. The molecule has 4 saturated carbocycles. The van der Waals surface area contributed by atoms with Crippen LogP contribution in [0.4, 0.5) is 0 Å². The summed E-state index contributed by atoms with van der Waals surface area (Å²) in [6.07, 6.45) is 8.31. The third-order valence-electron chi connectivity index (χ3n) is 6.47. The highest BCUT2D eigenvalue weighted by Crippen LogP contribution is 2.61. The van der Waals surface area contributed by atoms with Gasteiger partial charge in [0.1, 0.15) is 25.7 Å². The van der Waals surface area contributed by atoms with Crippen LogP contribution in [-0.2, 0) is 4.74 Å². The first-order chi connectivity index (χ1) is 9.23. The van der Waals surface area contributed by atoms with Gasteiger partial charge in [0.25, 0.3) is 0 Å². The molecule has 1 aliphatic heterocycles. The van der Waals surface area contributed by atoms with E-state index in [0.717, 1.165) is 50.6 Å². The van der Waals surface area contributed by atoms with Crippen molar-refractivity contribution in [3.8, 4) is 0 Å². The number of hydrogen-bond donors (Lipinski definition) is 2. The number of hydrogen-bond acceptors (Lipinski definition) is 2. The monoisotopic (exact) mass is 266 g/mol. The van der Waals surface area contributed by atoms with E-state index in [9.17, 15) is 5.11 Å². The van der Waals surface area contributed by atoms with Gasteiger partial charge in [0.2, 0.25) is 0 Å². The molecule has 1 atom stereocenters. The molecule has 1 saturated heterocycles. The standard InChI is InChI=1S/C16H27NO2/c18-15(11-17-1-3-19-4-2-17)16-8-12-5-13(9-16)7-14(6-12)10-16/h12-15,18H,1-11H2/p+1/t12?,13?,14?,15-,16?/m1/s1. The molecule has 19 heavy (non-hydrogen) atoms. The van der Waals surface area contributed by atoms with E-state index in [4.69, 9.17) is 4.74 Å². The fourth-order valence-corrected chi connectivity index (χ4v) is 5.94. The van der Waals surface area contributed by atoms with Gasteiger partial charge in [-0.05, 0) is 56.3 Å². The highest BCUT2D eigenvalue weighted by molar-refractivity contribution is 5.04. The first-order valence-electron chi connectivity index (χ1n) is 8.33. The lowest BCUT2D eigenvalue weighted by Gasteiger charge is -2.58. The summed E-state index contributed by atoms with van der Waals surface area (Å²) in [6, 6.07) is 0. The van der Waals surface area contributed by atoms with E-state index in [2.05, 4.69) is 0 Å². The van der Waals surface area contributed by atoms with Crippen molar-refractivity contribution in [2.24, 2.45) is 23.2 Å². The van der Waals surface area contributed by atoms with Crippen molar-refractivity contribution in [1.29, 1.82) is 0 Å². The summed E-state index contributed by atoms with van der Waals surface area (Å²) in [5.41, 5.74) is 0.306. The molecule has 0 aromatic rings. The first-order valence-corrected chi connectivity index (χ1v) is 8.33. The summed E-state index contributed by atoms with van der Waals surface area (Å²) in [5.74, 6) is 2.83. The average Bonchev–Trinajstić information content (AvgIpc) is 2.38. The predicted molar refractivity (Wildman–Crippen MR) is 73.0 cm³/mol. The zero-order valence-electron chi connectivity index (χ0n) is 11.9. The summed E-state index contributed by atoms with van der Waals surface area (Å²) < 4.78 is 5.43. The molecular weight excluding hydrogens is 238 g/mol. The second-order valence-electron chi connectivity index (χ2n) is 7.86. The number of nitrogens with one attached hydrogen (secondary N) is 1. The van der Waals surface area contributed by atoms with E-state index in [1.807, 2.05) is 0 Å². The molecule has 0 aromatic carbocycles. The maximum atomic E-state index is 10.9. The van der Waals surface area contributed by atoms with E-state index in [0.29, 0.717) is 5.41 Å². The largest absolute Gasteiger partial charge is 0.387 e. The molecule has 3 heteroatoms. The summed E-state index contributed by atoms with van der Waals surface area (Å²) >= 11 is 0. The molecule has 0 amide bonds. The van der Waals surface area contributed by atoms with Crippen LogP contribution in [0.1, 0.15) is 38.5 Å². The summed E-state index contributed by atoms with van der Waals surface area (Å²) in [5, 5.41) is 10.9. The van der Waals surface area contributed by atoms with Crippen molar-refractivity contribution < 1.29 is 14.7 Å². The summed E-state index contributed by atoms with van der Waals surface area (Å²) in [4.78, 5) is 1.56. The van der Waals surface area contributed by atoms with Gasteiger partial charge >= 0.3 is 0 Å². The van der Waals surface area contributed by atoms with Crippen LogP contribution in [0.25, 0.3) is 0 Å². The number of morpholine rings is 1. The van der Waals surface area contributed by atoms with E-state index in [1.165, 1.54) is 38.5 Å². The zero-order valence-corrected chi connectivity index (χ0v) is 11.9. The van der Waals surface area contributed by atoms with E-state index in [-0.39, 0.29) is 6.10 Å². The van der Waals surface area contributed by atoms with Crippen molar-refractivity contribution >= 4 is 0 Å². The molecule has 0 radical (unpaired) electrons. The molecule has 5 rings (SSSR count). The molecule has 108 valence electrons. The second-order valence-corrected chi connectivity index (χ2v) is 7.86. The smallest absolute Gasteiger partial charge is 0.108 e. The van der Waals surface area contributed by atoms with Gasteiger partial charge in [0, 0.05) is 5.41 Å². The summed E-state index contributed by atoms with van der Waals surface area (Å²) in [6.45, 7) is 4.90. The zero-order chi connectivity index (χ0) is 12.9. The molecule has 4 bridgehead atoms. The highest BCUT2D eigenvalue weighted by Gasteiger charge is 2.54. The fourth-order valence-electron chi connectivity index (χ4n) is 5.94. The fraction of sp³-hybridized carbons (Fsp3) is 1.00. The maximum absolute atomic E-state index is 10.9. The minimum atomic E-state index is -0.0611. The van der Waals surface area contributed by atoms with Crippen molar-refractivity contribution in [1.82, 2.24) is 0 Å². The molecule has 0 spiro atoms. The Balaban J connectivity index is 1.45. The molecule has 3 nitrogen and oxygen atoms in total. The van der Waals surface area contributed by atoms with Crippen LogP contribution in [0, 0.1) is 23.2 Å². The van der Waals surface area contributed by atoms with Crippen LogP contribution in [0.15, 0.2) is 0 Å². The Morgan fingerprint density at radius 2 is 1.53 bits per heavy atom. The molecular formula is C16H28NO2+. The minimum Gasteiger partial charge on any atom is -0.387 e. The molecule has 4 aliphatic carbocycles. The van der Waals surface area contributed by atoms with Gasteiger partial charge in [-0.25, -0.2) is 0 Å². The maximum Gasteiger partial charge on any atom is 0.108 e. The molecule has 0 aromatic heterocycles. The topological polar surface area (TPSA) is 33.9 Å². The Bertz CT molecular complexity index is 302. The number of rotatable bonds is 3. The minimum absolute atomic E-state index is 0.0611. The van der Waals surface area contributed by atoms with Gasteiger partial charge in [0.15, 0.2) is 0 Å². The van der Waals surface area contributed by atoms with Crippen LogP contribution in [0.3, 0.4) is 0 Å². The Morgan fingerprint density at radius 1 is 1.00 bits per heavy atom. The number of aliphatic hydroxyl groups excluding tert-OH is 1. The van der Waals surface area contributed by atoms with Crippen LogP contribution in [0.2, 0.25) is 0 Å². The van der Waals surface area contributed by atoms with Gasteiger partial charge in [-0.3, -0.25) is 0 Å². The van der Waals surface area contributed by atoms with Crippen LogP contribution < -0.4 is 4.90 Å². The van der Waals surface area contributed by atoms with Crippen molar-refractivity contribution in [3.05, 3.63) is 0 Å². The van der Waals surface area contributed by atoms with Crippen molar-refractivity contribution in [3.63, 3.8) is 0 Å². The lowest BCUT2D eigenvalue weighted by atomic mass is 9.48. The quantitative estimate of drug-likeness (QED) is 0.779. The second kappa shape index (κ2) is 4.71. The van der Waals surface area contributed by atoms with E-state index >= 15 is 0 Å². The molecule has 0 unspecified atom stereocenters. The molecule has 2 N–H and O–H groups in total.